The summed E-state index contributed by atoms with van der Waals surface area (Å²) in [7, 11) is -3.84. The van der Waals surface area contributed by atoms with Gasteiger partial charge in [0.25, 0.3) is 16.1 Å². The summed E-state index contributed by atoms with van der Waals surface area (Å²) in [5.41, 5.74) is 1.25. The second-order valence-electron chi connectivity index (χ2n) is 4.19. The maximum atomic E-state index is 12.0. The zero-order valence-electron chi connectivity index (χ0n) is 10.7. The first-order valence-corrected chi connectivity index (χ1v) is 8.43. The molecule has 4 N–H and O–H groups in total. The molecular weight excluding hydrogens is 405 g/mol. The lowest BCUT2D eigenvalue weighted by molar-refractivity contribution is 0.102. The van der Waals surface area contributed by atoms with Gasteiger partial charge in [0.05, 0.1) is 5.69 Å². The van der Waals surface area contributed by atoms with Crippen molar-refractivity contribution < 1.29 is 13.2 Å². The van der Waals surface area contributed by atoms with Crippen molar-refractivity contribution in [3.8, 4) is 0 Å². The van der Waals surface area contributed by atoms with Crippen molar-refractivity contribution >= 4 is 50.1 Å². The number of hydrogen-bond donors (Lipinski definition) is 3. The van der Waals surface area contributed by atoms with Gasteiger partial charge >= 0.3 is 0 Å². The molecule has 8 heteroatoms. The van der Waals surface area contributed by atoms with Gasteiger partial charge in [-0.15, -0.1) is 0 Å². The molecule has 0 unspecified atom stereocenters. The van der Waals surface area contributed by atoms with E-state index in [4.69, 9.17) is 5.14 Å². The van der Waals surface area contributed by atoms with Crippen molar-refractivity contribution in [3.05, 3.63) is 57.7 Å². The first-order chi connectivity index (χ1) is 9.83. The Morgan fingerprint density at radius 1 is 1.05 bits per heavy atom. The van der Waals surface area contributed by atoms with E-state index in [2.05, 4.69) is 32.6 Å². The Bertz CT molecular complexity index is 760. The molecule has 21 heavy (non-hydrogen) atoms. The fourth-order valence-electron chi connectivity index (χ4n) is 1.63. The predicted octanol–water partition coefficient (Wildman–Crippen LogP) is 2.16. The third-order valence-corrected chi connectivity index (χ3v) is 3.73. The quantitative estimate of drug-likeness (QED) is 0.665. The van der Waals surface area contributed by atoms with E-state index in [-0.39, 0.29) is 11.6 Å². The number of nitrogens with one attached hydrogen (secondary N) is 2. The van der Waals surface area contributed by atoms with Crippen molar-refractivity contribution in [3.63, 3.8) is 0 Å². The van der Waals surface area contributed by atoms with E-state index in [1.807, 2.05) is 12.1 Å². The van der Waals surface area contributed by atoms with E-state index in [0.29, 0.717) is 11.3 Å². The molecule has 0 aliphatic heterocycles. The van der Waals surface area contributed by atoms with E-state index in [1.165, 1.54) is 12.1 Å². The van der Waals surface area contributed by atoms with Crippen LogP contribution in [0.3, 0.4) is 0 Å². The molecule has 0 spiro atoms. The Morgan fingerprint density at radius 3 is 2.29 bits per heavy atom. The molecule has 0 saturated heterocycles. The van der Waals surface area contributed by atoms with Crippen LogP contribution in [0.25, 0.3) is 0 Å². The maximum absolute atomic E-state index is 12.0. The normalized spacial score (nSPS) is 11.0. The number of halogens is 1. The smallest absolute Gasteiger partial charge is 0.296 e. The molecule has 0 aliphatic rings. The van der Waals surface area contributed by atoms with Gasteiger partial charge in [-0.25, -0.2) is 5.14 Å². The number of amides is 1. The molecule has 0 fully saturated rings. The summed E-state index contributed by atoms with van der Waals surface area (Å²) in [5.74, 6) is -0.279. The Labute approximate surface area is 136 Å². The lowest BCUT2D eigenvalue weighted by Crippen LogP contribution is -2.21. The third kappa shape index (κ3) is 4.99. The van der Waals surface area contributed by atoms with E-state index < -0.39 is 10.2 Å². The Balaban J connectivity index is 2.14. The first kappa shape index (κ1) is 15.7. The minimum atomic E-state index is -3.84. The SMILES string of the molecule is NS(=O)(=O)Nc1cccc(NC(=O)c2ccc(I)cc2)c1. The fourth-order valence-corrected chi connectivity index (χ4v) is 2.44. The van der Waals surface area contributed by atoms with Gasteiger partial charge < -0.3 is 5.32 Å². The third-order valence-electron chi connectivity index (χ3n) is 2.49. The summed E-state index contributed by atoms with van der Waals surface area (Å²) >= 11 is 2.15. The Morgan fingerprint density at radius 2 is 1.67 bits per heavy atom. The molecule has 2 aromatic rings. The van der Waals surface area contributed by atoms with E-state index in [9.17, 15) is 13.2 Å². The number of hydrogen-bond acceptors (Lipinski definition) is 3. The summed E-state index contributed by atoms with van der Waals surface area (Å²) in [6.07, 6.45) is 0. The number of carbonyl (C=O) groups excluding carboxylic acids is 1. The molecule has 6 nitrogen and oxygen atoms in total. The standard InChI is InChI=1S/C13H12IN3O3S/c14-10-6-4-9(5-7-10)13(18)16-11-2-1-3-12(8-11)17-21(15,19)20/h1-8,17H,(H,16,18)(H2,15,19,20). The van der Waals surface area contributed by atoms with Crippen LogP contribution >= 0.6 is 22.6 Å². The average molecular weight is 417 g/mol. The van der Waals surface area contributed by atoms with Gasteiger partial charge in [0.15, 0.2) is 0 Å². The highest BCUT2D eigenvalue weighted by Crippen LogP contribution is 2.17. The molecule has 0 aliphatic carbocycles. The summed E-state index contributed by atoms with van der Waals surface area (Å²) < 4.78 is 25.1. The van der Waals surface area contributed by atoms with Gasteiger partial charge in [-0.05, 0) is 65.1 Å². The van der Waals surface area contributed by atoms with E-state index in [0.717, 1.165) is 3.57 Å². The highest BCUT2D eigenvalue weighted by atomic mass is 127. The van der Waals surface area contributed by atoms with Crippen LogP contribution in [0.4, 0.5) is 11.4 Å². The highest BCUT2D eigenvalue weighted by Gasteiger charge is 2.07. The Hall–Kier alpha value is -1.65. The van der Waals surface area contributed by atoms with Crippen molar-refractivity contribution in [2.75, 3.05) is 10.0 Å². The number of carbonyl (C=O) groups is 1. The zero-order chi connectivity index (χ0) is 15.5. The molecule has 2 aromatic carbocycles. The van der Waals surface area contributed by atoms with Crippen LogP contribution < -0.4 is 15.2 Å². The summed E-state index contributed by atoms with van der Waals surface area (Å²) in [6, 6.07) is 13.4. The van der Waals surface area contributed by atoms with Crippen LogP contribution in [0.15, 0.2) is 48.5 Å². The minimum Gasteiger partial charge on any atom is -0.322 e. The number of nitrogens with two attached hydrogens (primary N) is 1. The molecule has 0 radical (unpaired) electrons. The largest absolute Gasteiger partial charge is 0.322 e. The summed E-state index contributed by atoms with van der Waals surface area (Å²) in [4.78, 5) is 12.0. The summed E-state index contributed by atoms with van der Waals surface area (Å²) in [6.45, 7) is 0. The predicted molar refractivity (Wildman–Crippen MR) is 90.3 cm³/mol. The molecule has 0 saturated carbocycles. The van der Waals surface area contributed by atoms with Gasteiger partial charge in [-0.3, -0.25) is 9.52 Å². The minimum absolute atomic E-state index is 0.276. The van der Waals surface area contributed by atoms with Crippen molar-refractivity contribution in [1.82, 2.24) is 0 Å². The second kappa shape index (κ2) is 6.41. The van der Waals surface area contributed by atoms with Crippen LogP contribution in [0.1, 0.15) is 10.4 Å². The molecule has 0 heterocycles. The maximum Gasteiger partial charge on any atom is 0.296 e. The number of rotatable bonds is 4. The zero-order valence-corrected chi connectivity index (χ0v) is 13.7. The molecule has 0 bridgehead atoms. The van der Waals surface area contributed by atoms with Crippen molar-refractivity contribution in [2.24, 2.45) is 5.14 Å². The molecule has 2 rings (SSSR count). The van der Waals surface area contributed by atoms with Crippen LogP contribution in [0.5, 0.6) is 0 Å². The number of benzene rings is 2. The van der Waals surface area contributed by atoms with Crippen molar-refractivity contribution in [1.29, 1.82) is 0 Å². The van der Waals surface area contributed by atoms with Crippen LogP contribution in [-0.4, -0.2) is 14.3 Å². The average Bonchev–Trinajstić information content (AvgIpc) is 2.37. The highest BCUT2D eigenvalue weighted by molar-refractivity contribution is 14.1. The second-order valence-corrected chi connectivity index (χ2v) is 6.73. The van der Waals surface area contributed by atoms with Gasteiger partial charge in [0.2, 0.25) is 0 Å². The van der Waals surface area contributed by atoms with Gasteiger partial charge in [-0.2, -0.15) is 8.42 Å². The van der Waals surface area contributed by atoms with E-state index >= 15 is 0 Å². The van der Waals surface area contributed by atoms with Gasteiger partial charge in [0, 0.05) is 14.8 Å². The van der Waals surface area contributed by atoms with E-state index in [1.54, 1.807) is 24.3 Å². The molecular formula is C13H12IN3O3S. The van der Waals surface area contributed by atoms with Crippen LogP contribution in [0.2, 0.25) is 0 Å². The summed E-state index contributed by atoms with van der Waals surface area (Å²) in [5, 5.41) is 7.58. The molecule has 0 aromatic heterocycles. The van der Waals surface area contributed by atoms with Crippen LogP contribution in [0, 0.1) is 3.57 Å². The van der Waals surface area contributed by atoms with Crippen LogP contribution in [-0.2, 0) is 10.2 Å². The fraction of sp³-hybridized carbons (Fsp3) is 0. The number of anilines is 2. The lowest BCUT2D eigenvalue weighted by atomic mass is 10.2. The topological polar surface area (TPSA) is 101 Å². The monoisotopic (exact) mass is 417 g/mol. The van der Waals surface area contributed by atoms with Crippen molar-refractivity contribution in [2.45, 2.75) is 0 Å². The Kier molecular flexibility index (Phi) is 4.80. The van der Waals surface area contributed by atoms with Gasteiger partial charge in [-0.1, -0.05) is 6.07 Å². The molecule has 0 atom stereocenters. The first-order valence-electron chi connectivity index (χ1n) is 5.81. The molecule has 1 amide bonds. The molecule has 110 valence electrons. The lowest BCUT2D eigenvalue weighted by Gasteiger charge is -2.08. The van der Waals surface area contributed by atoms with Gasteiger partial charge in [0.1, 0.15) is 0 Å².